The van der Waals surface area contributed by atoms with Crippen LogP contribution in [-0.4, -0.2) is 22.2 Å². The second-order valence-corrected chi connectivity index (χ2v) is 1.40. The normalized spacial score (nSPS) is 6.73. The van der Waals surface area contributed by atoms with Gasteiger partial charge in [0.05, 0.1) is 0 Å². The third-order valence-corrected chi connectivity index (χ3v) is 0.741. The number of carboxylic acid groups (broad SMARTS) is 2. The number of carboxylic acids is 2. The van der Waals surface area contributed by atoms with E-state index in [1.54, 1.807) is 0 Å². The van der Waals surface area contributed by atoms with Crippen molar-refractivity contribution in [3.8, 4) is 0 Å². The van der Waals surface area contributed by atoms with E-state index in [2.05, 4.69) is 0 Å². The van der Waals surface area contributed by atoms with Crippen molar-refractivity contribution in [2.24, 2.45) is 5.92 Å². The minimum Gasteiger partial charge on any atom is -1.00 e. The molecular formula is C4H9Na3O4. The molecule has 0 heterocycles. The maximum atomic E-state index is 9.76. The SMILES string of the molecule is CC(C(=O)O)C(=O)O.[H-].[H-].[H-].[Na+].[Na+].[Na+]. The Kier molecular flexibility index (Phi) is 25.1. The number of hydrogen-bond acceptors (Lipinski definition) is 2. The fourth-order valence-electron chi connectivity index (χ4n) is 0.106. The molecule has 11 heavy (non-hydrogen) atoms. The van der Waals surface area contributed by atoms with Gasteiger partial charge in [-0.2, -0.15) is 0 Å². The third kappa shape index (κ3) is 11.9. The van der Waals surface area contributed by atoms with Crippen molar-refractivity contribution in [1.82, 2.24) is 0 Å². The fourth-order valence-corrected chi connectivity index (χ4v) is 0.106. The van der Waals surface area contributed by atoms with Crippen molar-refractivity contribution < 1.29 is 113 Å². The molecule has 0 bridgehead atoms. The van der Waals surface area contributed by atoms with Gasteiger partial charge in [0.2, 0.25) is 0 Å². The van der Waals surface area contributed by atoms with Crippen molar-refractivity contribution >= 4 is 11.9 Å². The van der Waals surface area contributed by atoms with Crippen LogP contribution in [0.5, 0.6) is 0 Å². The van der Waals surface area contributed by atoms with E-state index in [1.165, 1.54) is 0 Å². The van der Waals surface area contributed by atoms with Gasteiger partial charge in [-0.1, -0.05) is 0 Å². The second kappa shape index (κ2) is 11.9. The van der Waals surface area contributed by atoms with Crippen molar-refractivity contribution in [1.29, 1.82) is 0 Å². The Morgan fingerprint density at radius 2 is 1.27 bits per heavy atom. The molecule has 0 unspecified atom stereocenters. The predicted octanol–water partition coefficient (Wildman–Crippen LogP) is -8.86. The van der Waals surface area contributed by atoms with Crippen molar-refractivity contribution in [3.63, 3.8) is 0 Å². The first-order valence-corrected chi connectivity index (χ1v) is 2.01. The van der Waals surface area contributed by atoms with Crippen LogP contribution >= 0.6 is 0 Å². The summed E-state index contributed by atoms with van der Waals surface area (Å²) < 4.78 is 0. The van der Waals surface area contributed by atoms with Crippen molar-refractivity contribution in [3.05, 3.63) is 0 Å². The van der Waals surface area contributed by atoms with Crippen molar-refractivity contribution in [2.45, 2.75) is 6.92 Å². The molecule has 0 aliphatic rings. The summed E-state index contributed by atoms with van der Waals surface area (Å²) in [5.41, 5.74) is 0. The van der Waals surface area contributed by atoms with Crippen LogP contribution < -0.4 is 88.7 Å². The molecule has 0 aliphatic heterocycles. The van der Waals surface area contributed by atoms with Gasteiger partial charge in [-0.3, -0.25) is 9.59 Å². The fraction of sp³-hybridized carbons (Fsp3) is 0.500. The summed E-state index contributed by atoms with van der Waals surface area (Å²) in [4.78, 5) is 19.5. The zero-order valence-electron chi connectivity index (χ0n) is 10.3. The summed E-state index contributed by atoms with van der Waals surface area (Å²) in [6.07, 6.45) is 0. The minimum atomic E-state index is -1.31. The van der Waals surface area contributed by atoms with Gasteiger partial charge >= 0.3 is 101 Å². The van der Waals surface area contributed by atoms with Gasteiger partial charge in [0.25, 0.3) is 0 Å². The number of carbonyl (C=O) groups is 2. The summed E-state index contributed by atoms with van der Waals surface area (Å²) in [5.74, 6) is -3.91. The average molecular weight is 190 g/mol. The van der Waals surface area contributed by atoms with Crippen LogP contribution in [0.1, 0.15) is 11.2 Å². The Hall–Kier alpha value is 1.94. The summed E-state index contributed by atoms with van der Waals surface area (Å²) in [5, 5.41) is 15.9. The van der Waals surface area contributed by atoms with Crippen LogP contribution in [0.4, 0.5) is 0 Å². The van der Waals surface area contributed by atoms with Gasteiger partial charge in [0.1, 0.15) is 0 Å². The molecule has 0 rings (SSSR count). The van der Waals surface area contributed by atoms with Crippen LogP contribution in [0.15, 0.2) is 0 Å². The molecule has 0 amide bonds. The maximum absolute atomic E-state index is 9.76. The molecule has 4 nitrogen and oxygen atoms in total. The summed E-state index contributed by atoms with van der Waals surface area (Å²) in [6.45, 7) is 1.12. The van der Waals surface area contributed by atoms with Crippen LogP contribution in [0.2, 0.25) is 0 Å². The number of hydrogen-bond donors (Lipinski definition) is 2. The second-order valence-electron chi connectivity index (χ2n) is 1.40. The largest absolute Gasteiger partial charge is 1.00 e. The molecule has 0 aliphatic carbocycles. The summed E-state index contributed by atoms with van der Waals surface area (Å²) in [7, 11) is 0. The van der Waals surface area contributed by atoms with Gasteiger partial charge < -0.3 is 14.5 Å². The minimum absolute atomic E-state index is 0. The predicted molar refractivity (Wildman–Crippen MR) is 27.8 cm³/mol. The van der Waals surface area contributed by atoms with E-state index in [0.29, 0.717) is 0 Å². The van der Waals surface area contributed by atoms with E-state index < -0.39 is 17.9 Å². The molecule has 0 radical (unpaired) electrons. The smallest absolute Gasteiger partial charge is 1.00 e. The summed E-state index contributed by atoms with van der Waals surface area (Å²) in [6, 6.07) is 0. The van der Waals surface area contributed by atoms with E-state index in [1.807, 2.05) is 0 Å². The molecule has 0 aromatic rings. The Bertz CT molecular complexity index is 123. The zero-order chi connectivity index (χ0) is 6.73. The maximum Gasteiger partial charge on any atom is 1.00 e. The monoisotopic (exact) mass is 190 g/mol. The molecule has 0 saturated heterocycles. The molecule has 2 N–H and O–H groups in total. The number of rotatable bonds is 2. The third-order valence-electron chi connectivity index (χ3n) is 0.741. The van der Waals surface area contributed by atoms with E-state index in [4.69, 9.17) is 10.2 Å². The van der Waals surface area contributed by atoms with Gasteiger partial charge in [-0.05, 0) is 6.92 Å². The molecular weight excluding hydrogens is 181 g/mol. The Labute approximate surface area is 135 Å². The standard InChI is InChI=1S/C4H6O4.3Na.3H/c1-2(3(5)6)4(7)8;;;;;;/h2H,1H3,(H,5,6)(H,7,8);;;;;;/q;3*+1;3*-1. The Balaban J connectivity index is -0.0000000163. The summed E-state index contributed by atoms with van der Waals surface area (Å²) >= 11 is 0. The Morgan fingerprint density at radius 3 is 1.27 bits per heavy atom. The quantitative estimate of drug-likeness (QED) is 0.335. The van der Waals surface area contributed by atoms with Gasteiger partial charge in [-0.25, -0.2) is 0 Å². The van der Waals surface area contributed by atoms with Gasteiger partial charge in [-0.15, -0.1) is 0 Å². The molecule has 52 valence electrons. The molecule has 7 heteroatoms. The van der Waals surface area contributed by atoms with Crippen LogP contribution in [-0.2, 0) is 9.59 Å². The van der Waals surface area contributed by atoms with Gasteiger partial charge in [0.15, 0.2) is 5.92 Å². The average Bonchev–Trinajstić information content (AvgIpc) is 1.64. The first kappa shape index (κ1) is 23.1. The molecule has 0 saturated carbocycles. The molecule has 0 spiro atoms. The topological polar surface area (TPSA) is 74.6 Å². The van der Waals surface area contributed by atoms with Crippen LogP contribution in [0, 0.1) is 5.92 Å². The number of aliphatic carboxylic acids is 2. The molecule has 0 aromatic carbocycles. The molecule has 0 atom stereocenters. The van der Waals surface area contributed by atoms with Gasteiger partial charge in [0, 0.05) is 0 Å². The molecule has 0 fully saturated rings. The van der Waals surface area contributed by atoms with Crippen LogP contribution in [0.25, 0.3) is 0 Å². The van der Waals surface area contributed by atoms with E-state index >= 15 is 0 Å². The van der Waals surface area contributed by atoms with Crippen molar-refractivity contribution in [2.75, 3.05) is 0 Å². The zero-order valence-corrected chi connectivity index (χ0v) is 13.3. The molecule has 0 aromatic heterocycles. The van der Waals surface area contributed by atoms with E-state index in [0.717, 1.165) is 6.92 Å². The van der Waals surface area contributed by atoms with Crippen LogP contribution in [0.3, 0.4) is 0 Å². The first-order chi connectivity index (χ1) is 3.55. The first-order valence-electron chi connectivity index (χ1n) is 2.01. The Morgan fingerprint density at radius 1 is 1.09 bits per heavy atom. The van der Waals surface area contributed by atoms with E-state index in [9.17, 15) is 9.59 Å². The van der Waals surface area contributed by atoms with E-state index in [-0.39, 0.29) is 93.0 Å².